The molecule has 1 heterocycles. The van der Waals surface area contributed by atoms with E-state index in [-0.39, 0.29) is 29.6 Å². The number of hydrogen-bond acceptors (Lipinski definition) is 5. The molecule has 31 heavy (non-hydrogen) atoms. The number of benzene rings is 2. The lowest BCUT2D eigenvalue weighted by Crippen LogP contribution is -2.30. The SMILES string of the molecule is COc1ccc(OC)c(NC(=O)c2ccc(N3C(=O)[C@@H]4CC[C@@H](C)C[C@H]4C3=O)cc2)c1. The summed E-state index contributed by atoms with van der Waals surface area (Å²) in [6, 6.07) is 11.6. The summed E-state index contributed by atoms with van der Waals surface area (Å²) in [7, 11) is 3.07. The maximum atomic E-state index is 12.9. The Labute approximate surface area is 181 Å². The molecule has 2 fully saturated rings. The first kappa shape index (κ1) is 20.9. The molecule has 162 valence electrons. The Kier molecular flexibility index (Phi) is 5.67. The molecule has 0 aromatic heterocycles. The third-order valence-electron chi connectivity index (χ3n) is 6.23. The van der Waals surface area contributed by atoms with Crippen molar-refractivity contribution >= 4 is 29.1 Å². The summed E-state index contributed by atoms with van der Waals surface area (Å²) in [5, 5.41) is 2.81. The number of nitrogens with one attached hydrogen (secondary N) is 1. The zero-order chi connectivity index (χ0) is 22.1. The van der Waals surface area contributed by atoms with Crippen LogP contribution >= 0.6 is 0 Å². The van der Waals surface area contributed by atoms with Crippen molar-refractivity contribution in [3.8, 4) is 11.5 Å². The second-order valence-corrected chi connectivity index (χ2v) is 8.21. The summed E-state index contributed by atoms with van der Waals surface area (Å²) in [6.45, 7) is 2.13. The third-order valence-corrected chi connectivity index (χ3v) is 6.23. The van der Waals surface area contributed by atoms with E-state index >= 15 is 0 Å². The van der Waals surface area contributed by atoms with Crippen molar-refractivity contribution < 1.29 is 23.9 Å². The molecule has 1 aliphatic carbocycles. The monoisotopic (exact) mass is 422 g/mol. The Bertz CT molecular complexity index is 1020. The molecule has 3 atom stereocenters. The maximum absolute atomic E-state index is 12.9. The van der Waals surface area contributed by atoms with Gasteiger partial charge in [-0.15, -0.1) is 0 Å². The summed E-state index contributed by atoms with van der Waals surface area (Å²) in [5.41, 5.74) is 1.39. The highest BCUT2D eigenvalue weighted by atomic mass is 16.5. The van der Waals surface area contributed by atoms with Crippen molar-refractivity contribution in [2.75, 3.05) is 24.4 Å². The van der Waals surface area contributed by atoms with Crippen molar-refractivity contribution in [1.82, 2.24) is 0 Å². The number of rotatable bonds is 5. The van der Waals surface area contributed by atoms with Crippen molar-refractivity contribution in [1.29, 1.82) is 0 Å². The third kappa shape index (κ3) is 3.87. The number of nitrogens with zero attached hydrogens (tertiary/aromatic N) is 1. The number of imide groups is 1. The highest BCUT2D eigenvalue weighted by Gasteiger charge is 2.49. The summed E-state index contributed by atoms with van der Waals surface area (Å²) in [5.74, 6) is 0.536. The van der Waals surface area contributed by atoms with Crippen LogP contribution in [-0.2, 0) is 9.59 Å². The van der Waals surface area contributed by atoms with Gasteiger partial charge in [-0.25, -0.2) is 0 Å². The van der Waals surface area contributed by atoms with Crippen LogP contribution in [0, 0.1) is 17.8 Å². The fraction of sp³-hybridized carbons (Fsp3) is 0.375. The van der Waals surface area contributed by atoms with E-state index in [1.54, 1.807) is 49.6 Å². The van der Waals surface area contributed by atoms with Gasteiger partial charge in [0.2, 0.25) is 11.8 Å². The van der Waals surface area contributed by atoms with E-state index in [2.05, 4.69) is 12.2 Å². The minimum Gasteiger partial charge on any atom is -0.497 e. The van der Waals surface area contributed by atoms with E-state index in [0.29, 0.717) is 34.4 Å². The summed E-state index contributed by atoms with van der Waals surface area (Å²) >= 11 is 0. The Morgan fingerprint density at radius 3 is 2.35 bits per heavy atom. The number of carbonyl (C=O) groups is 3. The standard InChI is InChI=1S/C24H26N2O5/c1-14-4-10-18-19(12-14)24(29)26(23(18)28)16-7-5-15(6-8-16)22(27)25-20-13-17(30-2)9-11-21(20)31-3/h5-9,11,13-14,18-19H,4,10,12H2,1-3H3,(H,25,27)/t14-,18-,19-/m1/s1. The molecule has 4 rings (SSSR count). The normalized spacial score (nSPS) is 22.8. The minimum absolute atomic E-state index is 0.125. The minimum atomic E-state index is -0.334. The quantitative estimate of drug-likeness (QED) is 0.739. The van der Waals surface area contributed by atoms with Gasteiger partial charge in [-0.1, -0.05) is 6.92 Å². The Hall–Kier alpha value is -3.35. The summed E-state index contributed by atoms with van der Waals surface area (Å²) in [4.78, 5) is 39.8. The molecule has 1 saturated heterocycles. The Morgan fingerprint density at radius 1 is 0.968 bits per heavy atom. The summed E-state index contributed by atoms with van der Waals surface area (Å²) < 4.78 is 10.5. The van der Waals surface area contributed by atoms with Gasteiger partial charge in [0.25, 0.3) is 5.91 Å². The second kappa shape index (κ2) is 8.41. The lowest BCUT2D eigenvalue weighted by molar-refractivity contribution is -0.122. The first-order valence-corrected chi connectivity index (χ1v) is 10.4. The predicted molar refractivity (Wildman–Crippen MR) is 116 cm³/mol. The molecule has 0 spiro atoms. The van der Waals surface area contributed by atoms with Crippen LogP contribution in [0.15, 0.2) is 42.5 Å². The van der Waals surface area contributed by atoms with Crippen molar-refractivity contribution in [2.24, 2.45) is 17.8 Å². The van der Waals surface area contributed by atoms with Crippen LogP contribution in [0.4, 0.5) is 11.4 Å². The molecular formula is C24H26N2O5. The van der Waals surface area contributed by atoms with Gasteiger partial charge in [0, 0.05) is 11.6 Å². The molecule has 1 saturated carbocycles. The fourth-order valence-electron chi connectivity index (χ4n) is 4.51. The van der Waals surface area contributed by atoms with Crippen LogP contribution in [0.5, 0.6) is 11.5 Å². The molecular weight excluding hydrogens is 396 g/mol. The highest BCUT2D eigenvalue weighted by Crippen LogP contribution is 2.42. The highest BCUT2D eigenvalue weighted by molar-refractivity contribution is 6.22. The maximum Gasteiger partial charge on any atom is 0.255 e. The van der Waals surface area contributed by atoms with E-state index in [4.69, 9.17) is 9.47 Å². The molecule has 2 aliphatic rings. The van der Waals surface area contributed by atoms with E-state index in [9.17, 15) is 14.4 Å². The molecule has 0 radical (unpaired) electrons. The van der Waals surface area contributed by atoms with Gasteiger partial charge in [0.1, 0.15) is 11.5 Å². The first-order chi connectivity index (χ1) is 14.9. The van der Waals surface area contributed by atoms with E-state index in [0.717, 1.165) is 19.3 Å². The molecule has 7 nitrogen and oxygen atoms in total. The van der Waals surface area contributed by atoms with Crippen LogP contribution in [0.25, 0.3) is 0 Å². The largest absolute Gasteiger partial charge is 0.497 e. The second-order valence-electron chi connectivity index (χ2n) is 8.21. The Balaban J connectivity index is 1.52. The molecule has 2 aromatic carbocycles. The average molecular weight is 422 g/mol. The van der Waals surface area contributed by atoms with Crippen LogP contribution in [-0.4, -0.2) is 31.9 Å². The van der Waals surface area contributed by atoms with Crippen LogP contribution in [0.3, 0.4) is 0 Å². The lowest BCUT2D eigenvalue weighted by Gasteiger charge is -2.25. The van der Waals surface area contributed by atoms with Crippen molar-refractivity contribution in [3.05, 3.63) is 48.0 Å². The van der Waals surface area contributed by atoms with E-state index in [1.165, 1.54) is 12.0 Å². The molecule has 1 N–H and O–H groups in total. The van der Waals surface area contributed by atoms with Crippen molar-refractivity contribution in [2.45, 2.75) is 26.2 Å². The van der Waals surface area contributed by atoms with Gasteiger partial charge in [0.05, 0.1) is 37.4 Å². The van der Waals surface area contributed by atoms with Gasteiger partial charge < -0.3 is 14.8 Å². The smallest absolute Gasteiger partial charge is 0.255 e. The van der Waals surface area contributed by atoms with Gasteiger partial charge in [-0.2, -0.15) is 0 Å². The van der Waals surface area contributed by atoms with Gasteiger partial charge >= 0.3 is 0 Å². The molecule has 2 aromatic rings. The van der Waals surface area contributed by atoms with Gasteiger partial charge in [-0.3, -0.25) is 19.3 Å². The zero-order valence-electron chi connectivity index (χ0n) is 17.9. The number of anilines is 2. The zero-order valence-corrected chi connectivity index (χ0v) is 17.9. The average Bonchev–Trinajstić information content (AvgIpc) is 3.03. The molecule has 1 aliphatic heterocycles. The number of hydrogen-bond donors (Lipinski definition) is 1. The lowest BCUT2D eigenvalue weighted by atomic mass is 9.76. The van der Waals surface area contributed by atoms with Crippen LogP contribution in [0.1, 0.15) is 36.5 Å². The molecule has 3 amide bonds. The number of fused-ring (bicyclic) bond motifs is 1. The summed E-state index contributed by atoms with van der Waals surface area (Å²) in [6.07, 6.45) is 2.49. The van der Waals surface area contributed by atoms with Gasteiger partial charge in [0.15, 0.2) is 0 Å². The molecule has 0 unspecified atom stereocenters. The number of carbonyl (C=O) groups excluding carboxylic acids is 3. The first-order valence-electron chi connectivity index (χ1n) is 10.4. The van der Waals surface area contributed by atoms with Gasteiger partial charge in [-0.05, 0) is 61.6 Å². The number of ether oxygens (including phenoxy) is 2. The predicted octanol–water partition coefficient (Wildman–Crippen LogP) is 3.88. The molecule has 0 bridgehead atoms. The van der Waals surface area contributed by atoms with Crippen molar-refractivity contribution in [3.63, 3.8) is 0 Å². The van der Waals surface area contributed by atoms with Crippen LogP contribution < -0.4 is 19.7 Å². The number of methoxy groups -OCH3 is 2. The van der Waals surface area contributed by atoms with E-state index < -0.39 is 0 Å². The molecule has 7 heteroatoms. The fourth-order valence-corrected chi connectivity index (χ4v) is 4.51. The topological polar surface area (TPSA) is 84.9 Å². The van der Waals surface area contributed by atoms with Crippen LogP contribution in [0.2, 0.25) is 0 Å². The number of amides is 3. The van der Waals surface area contributed by atoms with E-state index in [1.807, 2.05) is 0 Å². The Morgan fingerprint density at radius 2 is 1.68 bits per heavy atom.